The van der Waals surface area contributed by atoms with Gasteiger partial charge in [-0.3, -0.25) is 5.41 Å². The van der Waals surface area contributed by atoms with E-state index in [0.29, 0.717) is 5.92 Å². The van der Waals surface area contributed by atoms with Gasteiger partial charge >= 0.3 is 0 Å². The van der Waals surface area contributed by atoms with E-state index in [1.807, 2.05) is 0 Å². The first kappa shape index (κ1) is 9.97. The number of hydrogen-bond donors (Lipinski definition) is 1. The highest BCUT2D eigenvalue weighted by molar-refractivity contribution is 5.79. The molecule has 0 aromatic heterocycles. The molecule has 1 N–H and O–H groups in total. The van der Waals surface area contributed by atoms with E-state index in [2.05, 4.69) is 4.90 Å². The summed E-state index contributed by atoms with van der Waals surface area (Å²) in [6, 6.07) is 0. The van der Waals surface area contributed by atoms with Crippen molar-refractivity contribution in [2.45, 2.75) is 32.1 Å². The van der Waals surface area contributed by atoms with E-state index < -0.39 is 0 Å². The highest BCUT2D eigenvalue weighted by Crippen LogP contribution is 2.18. The van der Waals surface area contributed by atoms with Gasteiger partial charge in [0.25, 0.3) is 0 Å². The SMILES string of the molecule is N=C1CCCCN1CC1CCCOC1. The van der Waals surface area contributed by atoms with Crippen molar-refractivity contribution >= 4 is 5.84 Å². The number of likely N-dealkylation sites (tertiary alicyclic amines) is 1. The Hall–Kier alpha value is -0.570. The number of hydrogen-bond acceptors (Lipinski definition) is 2. The summed E-state index contributed by atoms with van der Waals surface area (Å²) in [5.41, 5.74) is 0. The zero-order chi connectivity index (χ0) is 9.80. The molecule has 0 saturated carbocycles. The van der Waals surface area contributed by atoms with E-state index >= 15 is 0 Å². The molecular weight excluding hydrogens is 176 g/mol. The van der Waals surface area contributed by atoms with Gasteiger partial charge in [0, 0.05) is 26.1 Å². The van der Waals surface area contributed by atoms with Crippen LogP contribution >= 0.6 is 0 Å². The van der Waals surface area contributed by atoms with Gasteiger partial charge in [-0.1, -0.05) is 0 Å². The van der Waals surface area contributed by atoms with Crippen molar-refractivity contribution in [1.82, 2.24) is 4.90 Å². The Bertz CT molecular complexity index is 199. The van der Waals surface area contributed by atoms with Gasteiger partial charge in [0.2, 0.25) is 0 Å². The fourth-order valence-electron chi connectivity index (χ4n) is 2.35. The number of ether oxygens (including phenoxy) is 1. The first-order valence-corrected chi connectivity index (χ1v) is 5.76. The monoisotopic (exact) mass is 196 g/mol. The smallest absolute Gasteiger partial charge is 0.0957 e. The van der Waals surface area contributed by atoms with Crippen LogP contribution in [0.1, 0.15) is 32.1 Å². The number of nitrogens with zero attached hydrogens (tertiary/aromatic N) is 1. The van der Waals surface area contributed by atoms with Crippen LogP contribution in [0.4, 0.5) is 0 Å². The third-order valence-corrected chi connectivity index (χ3v) is 3.21. The lowest BCUT2D eigenvalue weighted by Crippen LogP contribution is -2.40. The fourth-order valence-corrected chi connectivity index (χ4v) is 2.35. The summed E-state index contributed by atoms with van der Waals surface area (Å²) in [5.74, 6) is 1.52. The van der Waals surface area contributed by atoms with Crippen LogP contribution in [0.15, 0.2) is 0 Å². The minimum absolute atomic E-state index is 0.669. The molecule has 1 atom stereocenters. The Balaban J connectivity index is 1.79. The van der Waals surface area contributed by atoms with E-state index in [-0.39, 0.29) is 0 Å². The lowest BCUT2D eigenvalue weighted by molar-refractivity contribution is 0.0456. The topological polar surface area (TPSA) is 36.3 Å². The molecule has 0 spiro atoms. The minimum atomic E-state index is 0.669. The minimum Gasteiger partial charge on any atom is -0.381 e. The summed E-state index contributed by atoms with van der Waals surface area (Å²) in [6.07, 6.45) is 5.93. The molecule has 0 aromatic rings. The van der Waals surface area contributed by atoms with Crippen molar-refractivity contribution in [2.24, 2.45) is 5.92 Å². The van der Waals surface area contributed by atoms with Crippen LogP contribution in [0.2, 0.25) is 0 Å². The first-order chi connectivity index (χ1) is 6.86. The highest BCUT2D eigenvalue weighted by atomic mass is 16.5. The molecule has 2 rings (SSSR count). The quantitative estimate of drug-likeness (QED) is 0.732. The second-order valence-corrected chi connectivity index (χ2v) is 4.43. The van der Waals surface area contributed by atoms with Crippen LogP contribution < -0.4 is 0 Å². The van der Waals surface area contributed by atoms with Crippen molar-refractivity contribution in [3.8, 4) is 0 Å². The summed E-state index contributed by atoms with van der Waals surface area (Å²) in [6.45, 7) is 3.99. The third-order valence-electron chi connectivity index (χ3n) is 3.21. The first-order valence-electron chi connectivity index (χ1n) is 5.76. The van der Waals surface area contributed by atoms with E-state index in [4.69, 9.17) is 10.1 Å². The molecule has 2 aliphatic heterocycles. The second kappa shape index (κ2) is 4.78. The molecule has 2 aliphatic rings. The molecular formula is C11H20N2O. The lowest BCUT2D eigenvalue weighted by atomic mass is 10.00. The molecule has 80 valence electrons. The second-order valence-electron chi connectivity index (χ2n) is 4.43. The average Bonchev–Trinajstić information content (AvgIpc) is 2.23. The van der Waals surface area contributed by atoms with E-state index in [1.54, 1.807) is 0 Å². The Morgan fingerprint density at radius 3 is 3.00 bits per heavy atom. The van der Waals surface area contributed by atoms with Gasteiger partial charge in [-0.2, -0.15) is 0 Å². The van der Waals surface area contributed by atoms with Gasteiger partial charge in [-0.05, 0) is 31.6 Å². The van der Waals surface area contributed by atoms with E-state index in [0.717, 1.165) is 38.6 Å². The Morgan fingerprint density at radius 2 is 2.29 bits per heavy atom. The normalized spacial score (nSPS) is 29.3. The van der Waals surface area contributed by atoms with Crippen molar-refractivity contribution in [2.75, 3.05) is 26.3 Å². The molecule has 2 heterocycles. The maximum atomic E-state index is 7.85. The molecule has 0 bridgehead atoms. The highest BCUT2D eigenvalue weighted by Gasteiger charge is 2.21. The molecule has 0 amide bonds. The predicted octanol–water partition coefficient (Wildman–Crippen LogP) is 1.88. The molecule has 0 aromatic carbocycles. The van der Waals surface area contributed by atoms with Crippen molar-refractivity contribution in [3.05, 3.63) is 0 Å². The van der Waals surface area contributed by atoms with Crippen LogP contribution in [-0.4, -0.2) is 37.0 Å². The van der Waals surface area contributed by atoms with Crippen molar-refractivity contribution < 1.29 is 4.74 Å². The maximum absolute atomic E-state index is 7.85. The summed E-state index contributed by atoms with van der Waals surface area (Å²) < 4.78 is 5.46. The molecule has 0 radical (unpaired) electrons. The van der Waals surface area contributed by atoms with Gasteiger partial charge < -0.3 is 9.64 Å². The Kier molecular flexibility index (Phi) is 3.40. The molecule has 1 unspecified atom stereocenters. The molecule has 2 saturated heterocycles. The molecule has 14 heavy (non-hydrogen) atoms. The zero-order valence-corrected chi connectivity index (χ0v) is 8.80. The Labute approximate surface area is 85.9 Å². The van der Waals surface area contributed by atoms with Gasteiger partial charge in [0.15, 0.2) is 0 Å². The van der Waals surface area contributed by atoms with E-state index in [1.165, 1.54) is 25.7 Å². The van der Waals surface area contributed by atoms with Gasteiger partial charge in [-0.15, -0.1) is 0 Å². The number of amidine groups is 1. The maximum Gasteiger partial charge on any atom is 0.0957 e. The summed E-state index contributed by atoms with van der Waals surface area (Å²) >= 11 is 0. The van der Waals surface area contributed by atoms with Crippen LogP contribution in [-0.2, 0) is 4.74 Å². The van der Waals surface area contributed by atoms with E-state index in [9.17, 15) is 0 Å². The number of piperidine rings is 1. The standard InChI is InChI=1S/C11H20N2O/c12-11-5-1-2-6-13(11)8-10-4-3-7-14-9-10/h10,12H,1-9H2. The van der Waals surface area contributed by atoms with Crippen molar-refractivity contribution in [3.63, 3.8) is 0 Å². The Morgan fingerprint density at radius 1 is 1.36 bits per heavy atom. The summed E-state index contributed by atoms with van der Waals surface area (Å²) in [5, 5.41) is 7.85. The number of rotatable bonds is 2. The van der Waals surface area contributed by atoms with Crippen molar-refractivity contribution in [1.29, 1.82) is 5.41 Å². The van der Waals surface area contributed by atoms with Crippen LogP contribution in [0.3, 0.4) is 0 Å². The molecule has 3 nitrogen and oxygen atoms in total. The van der Waals surface area contributed by atoms with Crippen LogP contribution in [0, 0.1) is 11.3 Å². The van der Waals surface area contributed by atoms with Crippen LogP contribution in [0.25, 0.3) is 0 Å². The summed E-state index contributed by atoms with van der Waals surface area (Å²) in [7, 11) is 0. The molecule has 0 aliphatic carbocycles. The largest absolute Gasteiger partial charge is 0.381 e. The molecule has 2 fully saturated rings. The zero-order valence-electron chi connectivity index (χ0n) is 8.80. The average molecular weight is 196 g/mol. The summed E-state index contributed by atoms with van der Waals surface area (Å²) in [4.78, 5) is 2.25. The number of nitrogens with one attached hydrogen (secondary N) is 1. The lowest BCUT2D eigenvalue weighted by Gasteiger charge is -2.34. The fraction of sp³-hybridized carbons (Fsp3) is 0.909. The van der Waals surface area contributed by atoms with Gasteiger partial charge in [0.1, 0.15) is 0 Å². The predicted molar refractivity (Wildman–Crippen MR) is 56.7 cm³/mol. The third kappa shape index (κ3) is 2.47. The molecule has 3 heteroatoms. The van der Waals surface area contributed by atoms with Gasteiger partial charge in [0.05, 0.1) is 12.4 Å². The van der Waals surface area contributed by atoms with Gasteiger partial charge in [-0.25, -0.2) is 0 Å². The van der Waals surface area contributed by atoms with Crippen LogP contribution in [0.5, 0.6) is 0 Å².